The summed E-state index contributed by atoms with van der Waals surface area (Å²) in [4.78, 5) is 16.9. The van der Waals surface area contributed by atoms with E-state index in [0.29, 0.717) is 12.3 Å². The molecule has 84 valence electrons. The van der Waals surface area contributed by atoms with E-state index < -0.39 is 0 Å². The highest BCUT2D eigenvalue weighted by Crippen LogP contribution is 2.17. The molecule has 0 aliphatic heterocycles. The van der Waals surface area contributed by atoms with E-state index in [9.17, 15) is 4.79 Å². The third-order valence-corrected chi connectivity index (χ3v) is 3.10. The molecule has 1 heterocycles. The SMILES string of the molecule is Cc1nc(C)c(CC(=O)NCC(C)C)s1. The van der Waals surface area contributed by atoms with Gasteiger partial charge < -0.3 is 5.32 Å². The van der Waals surface area contributed by atoms with Gasteiger partial charge in [-0.1, -0.05) is 13.8 Å². The van der Waals surface area contributed by atoms with Crippen LogP contribution in [0.3, 0.4) is 0 Å². The maximum atomic E-state index is 11.5. The number of carbonyl (C=O) groups is 1. The van der Waals surface area contributed by atoms with E-state index in [2.05, 4.69) is 24.1 Å². The first-order chi connectivity index (χ1) is 6.99. The summed E-state index contributed by atoms with van der Waals surface area (Å²) >= 11 is 1.60. The van der Waals surface area contributed by atoms with E-state index in [0.717, 1.165) is 22.1 Å². The number of hydrogen-bond donors (Lipinski definition) is 1. The lowest BCUT2D eigenvalue weighted by molar-refractivity contribution is -0.120. The van der Waals surface area contributed by atoms with Gasteiger partial charge in [0.2, 0.25) is 5.91 Å². The molecule has 0 saturated carbocycles. The zero-order valence-electron chi connectivity index (χ0n) is 9.76. The van der Waals surface area contributed by atoms with Crippen molar-refractivity contribution in [2.45, 2.75) is 34.1 Å². The van der Waals surface area contributed by atoms with Crippen molar-refractivity contribution in [3.05, 3.63) is 15.6 Å². The van der Waals surface area contributed by atoms with Gasteiger partial charge in [0.15, 0.2) is 0 Å². The monoisotopic (exact) mass is 226 g/mol. The van der Waals surface area contributed by atoms with Crippen LogP contribution in [-0.4, -0.2) is 17.4 Å². The molecule has 0 radical (unpaired) electrons. The number of hydrogen-bond acceptors (Lipinski definition) is 3. The minimum absolute atomic E-state index is 0.0930. The Labute approximate surface area is 94.9 Å². The van der Waals surface area contributed by atoms with Crippen molar-refractivity contribution >= 4 is 17.2 Å². The van der Waals surface area contributed by atoms with Crippen LogP contribution >= 0.6 is 11.3 Å². The number of nitrogens with zero attached hydrogens (tertiary/aromatic N) is 1. The lowest BCUT2D eigenvalue weighted by Gasteiger charge is -2.06. The molecule has 0 atom stereocenters. The molecular weight excluding hydrogens is 208 g/mol. The van der Waals surface area contributed by atoms with Crippen molar-refractivity contribution in [1.82, 2.24) is 10.3 Å². The van der Waals surface area contributed by atoms with Crippen LogP contribution in [0.1, 0.15) is 29.4 Å². The standard InChI is InChI=1S/C11H18N2OS/c1-7(2)6-12-11(14)5-10-8(3)13-9(4)15-10/h7H,5-6H2,1-4H3,(H,12,14). The summed E-state index contributed by atoms with van der Waals surface area (Å²) in [5.74, 6) is 0.591. The molecule has 0 fully saturated rings. The van der Waals surface area contributed by atoms with Gasteiger partial charge in [-0.3, -0.25) is 4.79 Å². The van der Waals surface area contributed by atoms with Crippen molar-refractivity contribution in [3.63, 3.8) is 0 Å². The maximum Gasteiger partial charge on any atom is 0.225 e. The van der Waals surface area contributed by atoms with Gasteiger partial charge in [0.1, 0.15) is 0 Å². The second-order valence-electron chi connectivity index (χ2n) is 4.12. The third-order valence-electron chi connectivity index (χ3n) is 2.03. The number of nitrogens with one attached hydrogen (secondary N) is 1. The minimum Gasteiger partial charge on any atom is -0.356 e. The second-order valence-corrected chi connectivity index (χ2v) is 5.40. The number of thiazole rings is 1. The van der Waals surface area contributed by atoms with E-state index in [-0.39, 0.29) is 5.91 Å². The van der Waals surface area contributed by atoms with Crippen molar-refractivity contribution in [2.24, 2.45) is 5.92 Å². The smallest absolute Gasteiger partial charge is 0.225 e. The van der Waals surface area contributed by atoms with Crippen LogP contribution in [0.2, 0.25) is 0 Å². The number of amides is 1. The molecule has 0 aliphatic carbocycles. The molecule has 0 aromatic carbocycles. The lowest BCUT2D eigenvalue weighted by atomic mass is 10.2. The first kappa shape index (κ1) is 12.2. The Morgan fingerprint density at radius 3 is 2.60 bits per heavy atom. The van der Waals surface area contributed by atoms with Gasteiger partial charge in [-0.15, -0.1) is 11.3 Å². The number of rotatable bonds is 4. The van der Waals surface area contributed by atoms with Gasteiger partial charge in [0.25, 0.3) is 0 Å². The zero-order valence-corrected chi connectivity index (χ0v) is 10.6. The van der Waals surface area contributed by atoms with Crippen LogP contribution in [0, 0.1) is 19.8 Å². The Morgan fingerprint density at radius 1 is 1.47 bits per heavy atom. The van der Waals surface area contributed by atoms with Crippen molar-refractivity contribution in [1.29, 1.82) is 0 Å². The fraction of sp³-hybridized carbons (Fsp3) is 0.636. The Kier molecular flexibility index (Phi) is 4.27. The van der Waals surface area contributed by atoms with Crippen LogP contribution in [0.4, 0.5) is 0 Å². The molecule has 1 rings (SSSR count). The Hall–Kier alpha value is -0.900. The molecule has 1 aromatic rings. The Balaban J connectivity index is 2.48. The van der Waals surface area contributed by atoms with Gasteiger partial charge in [0, 0.05) is 11.4 Å². The highest BCUT2D eigenvalue weighted by atomic mass is 32.1. The molecule has 0 saturated heterocycles. The first-order valence-electron chi connectivity index (χ1n) is 5.18. The molecule has 1 aromatic heterocycles. The van der Waals surface area contributed by atoms with Crippen molar-refractivity contribution in [3.8, 4) is 0 Å². The molecule has 1 amide bonds. The van der Waals surface area contributed by atoms with Gasteiger partial charge in [0.05, 0.1) is 17.1 Å². The minimum atomic E-state index is 0.0930. The fourth-order valence-electron chi connectivity index (χ4n) is 1.26. The summed E-state index contributed by atoms with van der Waals surface area (Å²) in [6.07, 6.45) is 0.462. The topological polar surface area (TPSA) is 42.0 Å². The lowest BCUT2D eigenvalue weighted by Crippen LogP contribution is -2.28. The van der Waals surface area contributed by atoms with Crippen LogP contribution < -0.4 is 5.32 Å². The summed E-state index contributed by atoms with van der Waals surface area (Å²) in [5, 5.41) is 3.93. The Morgan fingerprint density at radius 2 is 2.13 bits per heavy atom. The summed E-state index contributed by atoms with van der Waals surface area (Å²) in [7, 11) is 0. The summed E-state index contributed by atoms with van der Waals surface area (Å²) in [6.45, 7) is 8.84. The molecule has 0 bridgehead atoms. The molecule has 0 spiro atoms. The third kappa shape index (κ3) is 4.00. The molecular formula is C11H18N2OS. The van der Waals surface area contributed by atoms with E-state index >= 15 is 0 Å². The second kappa shape index (κ2) is 5.26. The highest BCUT2D eigenvalue weighted by Gasteiger charge is 2.09. The van der Waals surface area contributed by atoms with E-state index in [4.69, 9.17) is 0 Å². The van der Waals surface area contributed by atoms with E-state index in [1.165, 1.54) is 0 Å². The van der Waals surface area contributed by atoms with Crippen LogP contribution in [0.15, 0.2) is 0 Å². The predicted octanol–water partition coefficient (Wildman–Crippen LogP) is 2.07. The van der Waals surface area contributed by atoms with Crippen LogP contribution in [0.25, 0.3) is 0 Å². The first-order valence-corrected chi connectivity index (χ1v) is 6.00. The average Bonchev–Trinajstić information content (AvgIpc) is 2.42. The molecule has 3 nitrogen and oxygen atoms in total. The molecule has 4 heteroatoms. The van der Waals surface area contributed by atoms with Gasteiger partial charge in [-0.2, -0.15) is 0 Å². The maximum absolute atomic E-state index is 11.5. The predicted molar refractivity (Wildman–Crippen MR) is 63.1 cm³/mol. The molecule has 1 N–H and O–H groups in total. The number of carbonyl (C=O) groups excluding carboxylic acids is 1. The largest absolute Gasteiger partial charge is 0.356 e. The van der Waals surface area contributed by atoms with Crippen molar-refractivity contribution in [2.75, 3.05) is 6.54 Å². The fourth-order valence-corrected chi connectivity index (χ4v) is 2.20. The van der Waals surface area contributed by atoms with Gasteiger partial charge in [-0.25, -0.2) is 4.98 Å². The van der Waals surface area contributed by atoms with Gasteiger partial charge in [-0.05, 0) is 19.8 Å². The summed E-state index contributed by atoms with van der Waals surface area (Å²) in [6, 6.07) is 0. The zero-order chi connectivity index (χ0) is 11.4. The van der Waals surface area contributed by atoms with E-state index in [1.807, 2.05) is 13.8 Å². The summed E-state index contributed by atoms with van der Waals surface area (Å²) < 4.78 is 0. The average molecular weight is 226 g/mol. The summed E-state index contributed by atoms with van der Waals surface area (Å²) in [5.41, 5.74) is 0.984. The Bertz CT molecular complexity index is 344. The molecule has 15 heavy (non-hydrogen) atoms. The van der Waals surface area contributed by atoms with E-state index in [1.54, 1.807) is 11.3 Å². The van der Waals surface area contributed by atoms with Crippen molar-refractivity contribution < 1.29 is 4.79 Å². The molecule has 0 aliphatic rings. The quantitative estimate of drug-likeness (QED) is 0.854. The normalized spacial score (nSPS) is 10.7. The number of aryl methyl sites for hydroxylation is 2. The molecule has 0 unspecified atom stereocenters. The van der Waals surface area contributed by atoms with Crippen LogP contribution in [0.5, 0.6) is 0 Å². The van der Waals surface area contributed by atoms with Crippen LogP contribution in [-0.2, 0) is 11.2 Å². The number of aromatic nitrogens is 1. The van der Waals surface area contributed by atoms with Gasteiger partial charge >= 0.3 is 0 Å². The highest BCUT2D eigenvalue weighted by molar-refractivity contribution is 7.11.